The molecule has 200 valence electrons. The van der Waals surface area contributed by atoms with Crippen molar-refractivity contribution in [2.24, 2.45) is 13.0 Å². The number of rotatable bonds is 6. The first-order chi connectivity index (χ1) is 17.9. The molecule has 2 aliphatic heterocycles. The highest BCUT2D eigenvalue weighted by Crippen LogP contribution is 2.35. The van der Waals surface area contributed by atoms with Gasteiger partial charge in [-0.1, -0.05) is 0 Å². The van der Waals surface area contributed by atoms with E-state index < -0.39 is 0 Å². The van der Waals surface area contributed by atoms with Crippen LogP contribution in [0.25, 0.3) is 21.2 Å². The summed E-state index contributed by atoms with van der Waals surface area (Å²) < 4.78 is 14.3. The third-order valence-corrected chi connectivity index (χ3v) is 8.23. The van der Waals surface area contributed by atoms with E-state index in [1.165, 1.54) is 4.88 Å². The van der Waals surface area contributed by atoms with Crippen molar-refractivity contribution in [3.63, 3.8) is 0 Å². The molecule has 2 saturated heterocycles. The third-order valence-electron chi connectivity index (χ3n) is 7.08. The number of pyridine rings is 2. The molecule has 1 unspecified atom stereocenters. The molecule has 10 heteroatoms. The Morgan fingerprint density at radius 2 is 1.97 bits per heavy atom. The minimum atomic E-state index is -0.250. The highest BCUT2D eigenvalue weighted by molar-refractivity contribution is 7.19. The lowest BCUT2D eigenvalue weighted by molar-refractivity contribution is -0.122. The second-order valence-electron chi connectivity index (χ2n) is 9.88. The minimum absolute atomic E-state index is 0.0487. The van der Waals surface area contributed by atoms with E-state index in [0.717, 1.165) is 79.2 Å². The first-order valence-electron chi connectivity index (χ1n) is 12.7. The van der Waals surface area contributed by atoms with Crippen LogP contribution in [0.1, 0.15) is 24.6 Å². The van der Waals surface area contributed by atoms with Crippen molar-refractivity contribution < 1.29 is 19.4 Å². The molecule has 5 rings (SSSR count). The monoisotopic (exact) mass is 528 g/mol. The van der Waals surface area contributed by atoms with Crippen molar-refractivity contribution in [1.29, 1.82) is 0 Å². The first-order valence-corrected chi connectivity index (χ1v) is 13.5. The number of piperazine rings is 1. The number of hydrogen-bond donors (Lipinski definition) is 1. The number of fused-ring (bicyclic) bond motifs is 1. The van der Waals surface area contributed by atoms with Gasteiger partial charge in [0.1, 0.15) is 5.75 Å². The number of nitrogens with zero attached hydrogens (tertiary/aromatic N) is 4. The molecule has 0 bridgehead atoms. The zero-order chi connectivity index (χ0) is 26.4. The molecule has 1 N–H and O–H groups in total. The first kappa shape index (κ1) is 27.3. The lowest BCUT2D eigenvalue weighted by atomic mass is 10.0. The number of aromatic nitrogens is 2. The van der Waals surface area contributed by atoms with Crippen molar-refractivity contribution in [2.75, 3.05) is 46.5 Å². The van der Waals surface area contributed by atoms with Gasteiger partial charge in [-0.3, -0.25) is 19.5 Å². The Balaban J connectivity index is 0.00000102. The summed E-state index contributed by atoms with van der Waals surface area (Å²) in [5.41, 5.74) is 2.06. The van der Waals surface area contributed by atoms with Gasteiger partial charge in [-0.2, -0.15) is 0 Å². The second-order valence-corrected chi connectivity index (χ2v) is 11.0. The minimum Gasteiger partial charge on any atom is -0.492 e. The van der Waals surface area contributed by atoms with Crippen LogP contribution >= 0.6 is 11.3 Å². The molecule has 2 aliphatic rings. The van der Waals surface area contributed by atoms with E-state index >= 15 is 0 Å². The topological polar surface area (TPSA) is 97.1 Å². The Bertz CT molecular complexity index is 1250. The average Bonchev–Trinajstić information content (AvgIpc) is 3.32. The number of carbonyl (C=O) groups is 1. The van der Waals surface area contributed by atoms with Crippen LogP contribution in [0.2, 0.25) is 0 Å². The summed E-state index contributed by atoms with van der Waals surface area (Å²) in [5.74, 6) is 1.30. The predicted molar refractivity (Wildman–Crippen MR) is 145 cm³/mol. The van der Waals surface area contributed by atoms with Gasteiger partial charge in [0.05, 0.1) is 18.2 Å². The SMILES string of the molecule is CC1CN(C)CCN1Cc1cc2c(=O)n(C)cc(-c3cncc(OCC4CCOCC4)c3)c2s1.O=CO. The molecule has 3 aromatic rings. The van der Waals surface area contributed by atoms with E-state index in [2.05, 4.69) is 34.8 Å². The van der Waals surface area contributed by atoms with Gasteiger partial charge < -0.3 is 24.0 Å². The van der Waals surface area contributed by atoms with Gasteiger partial charge in [-0.05, 0) is 44.9 Å². The summed E-state index contributed by atoms with van der Waals surface area (Å²) in [6, 6.07) is 4.64. The van der Waals surface area contributed by atoms with Gasteiger partial charge >= 0.3 is 0 Å². The molecule has 0 aromatic carbocycles. The van der Waals surface area contributed by atoms with Crippen molar-refractivity contribution in [2.45, 2.75) is 32.4 Å². The highest BCUT2D eigenvalue weighted by atomic mass is 32.1. The molecule has 2 fully saturated rings. The van der Waals surface area contributed by atoms with Crippen LogP contribution in [0, 0.1) is 5.92 Å². The zero-order valence-corrected chi connectivity index (χ0v) is 22.6. The highest BCUT2D eigenvalue weighted by Gasteiger charge is 2.23. The van der Waals surface area contributed by atoms with E-state index in [0.29, 0.717) is 18.6 Å². The maximum Gasteiger partial charge on any atom is 0.290 e. The van der Waals surface area contributed by atoms with Crippen molar-refractivity contribution in [3.8, 4) is 16.9 Å². The molecule has 1 atom stereocenters. The number of likely N-dealkylation sites (N-methyl/N-ethyl adjacent to an activating group) is 1. The summed E-state index contributed by atoms with van der Waals surface area (Å²) in [7, 11) is 4.00. The molecule has 0 amide bonds. The molecule has 37 heavy (non-hydrogen) atoms. The van der Waals surface area contributed by atoms with Crippen LogP contribution in [0.3, 0.4) is 0 Å². The van der Waals surface area contributed by atoms with Crippen LogP contribution in [0.5, 0.6) is 5.75 Å². The summed E-state index contributed by atoms with van der Waals surface area (Å²) in [6.45, 7) is 8.43. The normalized spacial score (nSPS) is 19.4. The fraction of sp³-hybridized carbons (Fsp3) is 0.519. The van der Waals surface area contributed by atoms with Crippen LogP contribution < -0.4 is 10.3 Å². The summed E-state index contributed by atoms with van der Waals surface area (Å²) in [5, 5.41) is 7.68. The zero-order valence-electron chi connectivity index (χ0n) is 21.8. The summed E-state index contributed by atoms with van der Waals surface area (Å²) >= 11 is 1.73. The summed E-state index contributed by atoms with van der Waals surface area (Å²) in [6.07, 6.45) is 7.65. The molecule has 0 saturated carbocycles. The predicted octanol–water partition coefficient (Wildman–Crippen LogP) is 3.30. The molecule has 0 radical (unpaired) electrons. The van der Waals surface area contributed by atoms with Gasteiger partial charge in [0, 0.05) is 85.6 Å². The van der Waals surface area contributed by atoms with Gasteiger partial charge in [-0.15, -0.1) is 11.3 Å². The Morgan fingerprint density at radius 3 is 2.70 bits per heavy atom. The lowest BCUT2D eigenvalue weighted by Crippen LogP contribution is -2.49. The van der Waals surface area contributed by atoms with E-state index in [9.17, 15) is 4.79 Å². The fourth-order valence-corrected chi connectivity index (χ4v) is 6.18. The van der Waals surface area contributed by atoms with Crippen molar-refractivity contribution in [3.05, 3.63) is 46.0 Å². The Labute approximate surface area is 221 Å². The maximum atomic E-state index is 13.0. The smallest absolute Gasteiger partial charge is 0.290 e. The van der Waals surface area contributed by atoms with E-state index in [-0.39, 0.29) is 12.0 Å². The van der Waals surface area contributed by atoms with Gasteiger partial charge in [0.2, 0.25) is 0 Å². The molecular formula is C27H36N4O5S. The number of hydrogen-bond acceptors (Lipinski definition) is 8. The average molecular weight is 529 g/mol. The number of ether oxygens (including phenoxy) is 2. The van der Waals surface area contributed by atoms with Crippen LogP contribution in [0.15, 0.2) is 35.5 Å². The summed E-state index contributed by atoms with van der Waals surface area (Å²) in [4.78, 5) is 31.9. The van der Waals surface area contributed by atoms with Crippen molar-refractivity contribution >= 4 is 27.9 Å². The Kier molecular flexibility index (Phi) is 9.31. The van der Waals surface area contributed by atoms with E-state index in [4.69, 9.17) is 19.4 Å². The Morgan fingerprint density at radius 1 is 1.22 bits per heavy atom. The van der Waals surface area contributed by atoms with Gasteiger partial charge in [-0.25, -0.2) is 0 Å². The molecule has 3 aromatic heterocycles. The molecule has 5 heterocycles. The number of aryl methyl sites for hydroxylation is 1. The van der Waals surface area contributed by atoms with Crippen LogP contribution in [-0.4, -0.2) is 83.5 Å². The van der Waals surface area contributed by atoms with Crippen molar-refractivity contribution in [1.82, 2.24) is 19.4 Å². The second kappa shape index (κ2) is 12.6. The maximum absolute atomic E-state index is 13.0. The Hall–Kier alpha value is -2.79. The van der Waals surface area contributed by atoms with Gasteiger partial charge in [0.25, 0.3) is 12.0 Å². The van der Waals surface area contributed by atoms with Crippen LogP contribution in [-0.2, 0) is 23.1 Å². The number of thiophene rings is 1. The molecule has 9 nitrogen and oxygen atoms in total. The molecule has 0 aliphatic carbocycles. The fourth-order valence-electron chi connectivity index (χ4n) is 4.97. The van der Waals surface area contributed by atoms with E-state index in [1.54, 1.807) is 22.1 Å². The lowest BCUT2D eigenvalue weighted by Gasteiger charge is -2.37. The molecule has 0 spiro atoms. The van der Waals surface area contributed by atoms with Gasteiger partial charge in [0.15, 0.2) is 0 Å². The van der Waals surface area contributed by atoms with Crippen LogP contribution in [0.4, 0.5) is 0 Å². The third kappa shape index (κ3) is 6.75. The van der Waals surface area contributed by atoms with E-state index in [1.807, 2.05) is 25.5 Å². The number of carboxylic acid groups (broad SMARTS) is 1. The molecular weight excluding hydrogens is 492 g/mol. The quantitative estimate of drug-likeness (QED) is 0.487. The standard InChI is InChI=1S/C26H34N4O3S.CH2O2/c1-18-14-28(2)6-7-30(18)15-22-11-23-25(34-22)24(16-29(3)26(23)31)20-10-21(13-27-12-20)33-17-19-4-8-32-9-5-19;2-1-3/h10-13,16,18-19H,4-9,14-15,17H2,1-3H3;1H,(H,2,3). The largest absolute Gasteiger partial charge is 0.492 e.